The van der Waals surface area contributed by atoms with E-state index in [1.165, 1.54) is 6.20 Å². The number of anilines is 1. The molecule has 1 aliphatic rings. The van der Waals surface area contributed by atoms with Gasteiger partial charge in [-0.15, -0.1) is 0 Å². The Hall–Kier alpha value is -1.36. The number of halogens is 1. The lowest BCUT2D eigenvalue weighted by Crippen LogP contribution is -2.45. The number of carbonyl (C=O) groups is 1. The van der Waals surface area contributed by atoms with Crippen molar-refractivity contribution in [2.75, 3.05) is 12.3 Å². The molecule has 0 spiro atoms. The third kappa shape index (κ3) is 1.95. The molecule has 0 atom stereocenters. The lowest BCUT2D eigenvalue weighted by molar-refractivity contribution is -0.154. The molecule has 1 aliphatic carbocycles. The Morgan fingerprint density at radius 3 is 2.88 bits per heavy atom. The smallest absolute Gasteiger partial charge is 0.318 e. The fourth-order valence-electron chi connectivity index (χ4n) is 2.07. The van der Waals surface area contributed by atoms with E-state index in [2.05, 4.69) is 9.97 Å². The van der Waals surface area contributed by atoms with E-state index in [4.69, 9.17) is 22.1 Å². The van der Waals surface area contributed by atoms with Crippen molar-refractivity contribution in [1.82, 2.24) is 9.97 Å². The van der Waals surface area contributed by atoms with Crippen molar-refractivity contribution in [1.29, 1.82) is 0 Å². The lowest BCUT2D eigenvalue weighted by Gasteiger charge is -2.38. The lowest BCUT2D eigenvalue weighted by atomic mass is 9.66. The molecule has 92 valence electrons. The maximum atomic E-state index is 12.0. The van der Waals surface area contributed by atoms with E-state index in [1.807, 2.05) is 0 Å². The van der Waals surface area contributed by atoms with Gasteiger partial charge in [-0.2, -0.15) is 0 Å². The summed E-state index contributed by atoms with van der Waals surface area (Å²) in [6.45, 7) is 2.12. The van der Waals surface area contributed by atoms with Gasteiger partial charge < -0.3 is 10.5 Å². The summed E-state index contributed by atoms with van der Waals surface area (Å²) in [7, 11) is 0. The van der Waals surface area contributed by atoms with Gasteiger partial charge in [0.1, 0.15) is 22.1 Å². The van der Waals surface area contributed by atoms with Crippen LogP contribution in [0.3, 0.4) is 0 Å². The molecule has 0 unspecified atom stereocenters. The van der Waals surface area contributed by atoms with Gasteiger partial charge in [-0.05, 0) is 19.8 Å². The van der Waals surface area contributed by atoms with Gasteiger partial charge in [0, 0.05) is 0 Å². The first-order valence-electron chi connectivity index (χ1n) is 5.56. The highest BCUT2D eigenvalue weighted by Gasteiger charge is 2.50. The van der Waals surface area contributed by atoms with Crippen molar-refractivity contribution in [2.24, 2.45) is 0 Å². The summed E-state index contributed by atoms with van der Waals surface area (Å²) in [5.41, 5.74) is 5.49. The first-order chi connectivity index (χ1) is 8.10. The number of esters is 1. The average molecular weight is 256 g/mol. The molecule has 17 heavy (non-hydrogen) atoms. The van der Waals surface area contributed by atoms with Gasteiger partial charge in [-0.1, -0.05) is 18.0 Å². The van der Waals surface area contributed by atoms with E-state index in [1.54, 1.807) is 6.92 Å². The van der Waals surface area contributed by atoms with Crippen molar-refractivity contribution in [3.8, 4) is 0 Å². The molecule has 0 aliphatic heterocycles. The Kier molecular flexibility index (Phi) is 3.19. The highest BCUT2D eigenvalue weighted by Crippen LogP contribution is 2.45. The van der Waals surface area contributed by atoms with E-state index in [9.17, 15) is 4.79 Å². The number of hydrogen-bond donors (Lipinski definition) is 1. The van der Waals surface area contributed by atoms with Crippen molar-refractivity contribution >= 4 is 23.4 Å². The molecule has 1 fully saturated rings. The second kappa shape index (κ2) is 4.49. The second-order valence-corrected chi connectivity index (χ2v) is 4.47. The van der Waals surface area contributed by atoms with Gasteiger partial charge in [0.25, 0.3) is 0 Å². The van der Waals surface area contributed by atoms with Gasteiger partial charge in [0.15, 0.2) is 0 Å². The molecule has 1 aromatic rings. The third-order valence-electron chi connectivity index (χ3n) is 3.10. The topological polar surface area (TPSA) is 78.1 Å². The molecule has 0 saturated heterocycles. The molecule has 5 nitrogen and oxygen atoms in total. The van der Waals surface area contributed by atoms with Crippen molar-refractivity contribution in [2.45, 2.75) is 31.6 Å². The fourth-order valence-corrected chi connectivity index (χ4v) is 2.20. The van der Waals surface area contributed by atoms with Crippen molar-refractivity contribution in [3.05, 3.63) is 17.0 Å². The Bertz CT molecular complexity index is 446. The van der Waals surface area contributed by atoms with Crippen molar-refractivity contribution < 1.29 is 9.53 Å². The number of aromatic nitrogens is 2. The average Bonchev–Trinajstić information content (AvgIpc) is 2.22. The summed E-state index contributed by atoms with van der Waals surface area (Å²) in [5.74, 6) is -0.0309. The van der Waals surface area contributed by atoms with Crippen LogP contribution in [0.25, 0.3) is 0 Å². The summed E-state index contributed by atoms with van der Waals surface area (Å²) in [6.07, 6.45) is 3.69. The zero-order chi connectivity index (χ0) is 12.5. The van der Waals surface area contributed by atoms with Crippen molar-refractivity contribution in [3.63, 3.8) is 0 Å². The Morgan fingerprint density at radius 2 is 2.35 bits per heavy atom. The highest BCUT2D eigenvalue weighted by molar-refractivity contribution is 6.29. The minimum absolute atomic E-state index is 0.241. The standard InChI is InChI=1S/C11H14ClN3O2/c1-2-17-10(16)11(4-3-5-11)8-9(13)14-6-7(12)15-8/h6H,2-5H2,1H3,(H2,13,14). The molecular formula is C11H14ClN3O2. The number of nitrogen functional groups attached to an aromatic ring is 1. The summed E-state index contributed by atoms with van der Waals surface area (Å²) in [4.78, 5) is 20.1. The van der Waals surface area contributed by atoms with Crippen LogP contribution < -0.4 is 5.73 Å². The summed E-state index contributed by atoms with van der Waals surface area (Å²) in [6, 6.07) is 0. The molecule has 0 bridgehead atoms. The SMILES string of the molecule is CCOC(=O)C1(c2nc(Cl)cnc2N)CCC1. The minimum atomic E-state index is -0.738. The quantitative estimate of drug-likeness (QED) is 0.832. The molecule has 1 saturated carbocycles. The molecule has 0 amide bonds. The van der Waals surface area contributed by atoms with E-state index in [0.717, 1.165) is 6.42 Å². The highest BCUT2D eigenvalue weighted by atomic mass is 35.5. The Labute approximate surface area is 104 Å². The second-order valence-electron chi connectivity index (χ2n) is 4.08. The third-order valence-corrected chi connectivity index (χ3v) is 3.28. The molecule has 1 aromatic heterocycles. The fraction of sp³-hybridized carbons (Fsp3) is 0.545. The Balaban J connectivity index is 2.41. The number of nitrogens with zero attached hydrogens (tertiary/aromatic N) is 2. The van der Waals surface area contributed by atoms with Crippen LogP contribution in [0, 0.1) is 0 Å². The zero-order valence-electron chi connectivity index (χ0n) is 9.57. The minimum Gasteiger partial charge on any atom is -0.465 e. The van der Waals surface area contributed by atoms with Crippen LogP contribution in [0.15, 0.2) is 6.20 Å². The summed E-state index contributed by atoms with van der Waals surface area (Å²) >= 11 is 5.80. The predicted molar refractivity (Wildman–Crippen MR) is 63.6 cm³/mol. The maximum absolute atomic E-state index is 12.0. The number of hydrogen-bond acceptors (Lipinski definition) is 5. The normalized spacial score (nSPS) is 17.3. The van der Waals surface area contributed by atoms with Gasteiger partial charge in [-0.3, -0.25) is 4.79 Å². The zero-order valence-corrected chi connectivity index (χ0v) is 10.3. The van der Waals surface area contributed by atoms with Crippen LogP contribution >= 0.6 is 11.6 Å². The number of nitrogens with two attached hydrogens (primary N) is 1. The molecule has 2 N–H and O–H groups in total. The van der Waals surface area contributed by atoms with Crippen LogP contribution in [0.1, 0.15) is 31.9 Å². The number of ether oxygens (including phenoxy) is 1. The van der Waals surface area contributed by atoms with E-state index in [-0.39, 0.29) is 16.9 Å². The molecule has 6 heteroatoms. The summed E-state index contributed by atoms with van der Waals surface area (Å²) < 4.78 is 5.09. The monoisotopic (exact) mass is 255 g/mol. The van der Waals surface area contributed by atoms with Crippen LogP contribution in [0.5, 0.6) is 0 Å². The van der Waals surface area contributed by atoms with E-state index < -0.39 is 5.41 Å². The maximum Gasteiger partial charge on any atom is 0.318 e. The number of carbonyl (C=O) groups excluding carboxylic acids is 1. The molecular weight excluding hydrogens is 242 g/mol. The number of rotatable bonds is 3. The van der Waals surface area contributed by atoms with Gasteiger partial charge in [-0.25, -0.2) is 9.97 Å². The Morgan fingerprint density at radius 1 is 1.65 bits per heavy atom. The van der Waals surface area contributed by atoms with Gasteiger partial charge in [0.05, 0.1) is 12.8 Å². The van der Waals surface area contributed by atoms with Gasteiger partial charge >= 0.3 is 5.97 Å². The molecule has 1 heterocycles. The van der Waals surface area contributed by atoms with E-state index in [0.29, 0.717) is 25.1 Å². The van der Waals surface area contributed by atoms with Crippen LogP contribution in [-0.2, 0) is 14.9 Å². The van der Waals surface area contributed by atoms with Crippen LogP contribution in [0.4, 0.5) is 5.82 Å². The molecule has 0 radical (unpaired) electrons. The summed E-state index contributed by atoms with van der Waals surface area (Å²) in [5, 5.41) is 0.241. The first-order valence-corrected chi connectivity index (χ1v) is 5.93. The largest absolute Gasteiger partial charge is 0.465 e. The van der Waals surface area contributed by atoms with Gasteiger partial charge in [0.2, 0.25) is 0 Å². The molecule has 0 aromatic carbocycles. The predicted octanol–water partition coefficient (Wildman–Crippen LogP) is 1.70. The van der Waals surface area contributed by atoms with Crippen LogP contribution in [-0.4, -0.2) is 22.5 Å². The van der Waals surface area contributed by atoms with Crippen LogP contribution in [0.2, 0.25) is 5.15 Å². The van der Waals surface area contributed by atoms with E-state index >= 15 is 0 Å². The molecule has 2 rings (SSSR count). The first kappa shape index (κ1) is 12.1.